The summed E-state index contributed by atoms with van der Waals surface area (Å²) in [5.41, 5.74) is -0.826. The van der Waals surface area contributed by atoms with Crippen LogP contribution in [0.3, 0.4) is 0 Å². The minimum atomic E-state index is -0.827. The molecular formula is C17H23NO4. The number of carbonyl (C=O) groups excluding carboxylic acids is 1. The fourth-order valence-corrected chi connectivity index (χ4v) is 3.65. The van der Waals surface area contributed by atoms with Crippen LogP contribution in [0.5, 0.6) is 0 Å². The van der Waals surface area contributed by atoms with Crippen LogP contribution in [0.1, 0.15) is 57.3 Å². The molecule has 0 radical (unpaired) electrons. The lowest BCUT2D eigenvalue weighted by atomic mass is 9.66. The van der Waals surface area contributed by atoms with Crippen molar-refractivity contribution in [3.05, 3.63) is 24.2 Å². The van der Waals surface area contributed by atoms with Gasteiger partial charge >= 0.3 is 5.97 Å². The lowest BCUT2D eigenvalue weighted by Crippen LogP contribution is -2.46. The molecule has 0 bridgehead atoms. The zero-order chi connectivity index (χ0) is 15.7. The summed E-state index contributed by atoms with van der Waals surface area (Å²) in [6.07, 6.45) is 5.71. The molecule has 1 saturated heterocycles. The topological polar surface area (TPSA) is 70.8 Å². The Hall–Kier alpha value is -1.78. The number of likely N-dealkylation sites (tertiary alicyclic amines) is 1. The van der Waals surface area contributed by atoms with E-state index >= 15 is 0 Å². The molecule has 1 aromatic heterocycles. The molecule has 5 nitrogen and oxygen atoms in total. The van der Waals surface area contributed by atoms with Crippen molar-refractivity contribution in [1.29, 1.82) is 0 Å². The molecule has 2 atom stereocenters. The first-order valence-electron chi connectivity index (χ1n) is 8.08. The highest BCUT2D eigenvalue weighted by Crippen LogP contribution is 2.45. The van der Waals surface area contributed by atoms with Crippen molar-refractivity contribution in [2.45, 2.75) is 51.5 Å². The van der Waals surface area contributed by atoms with E-state index in [1.807, 2.05) is 17.0 Å². The third-order valence-electron chi connectivity index (χ3n) is 5.31. The van der Waals surface area contributed by atoms with Gasteiger partial charge in [0.1, 0.15) is 5.76 Å². The van der Waals surface area contributed by atoms with E-state index in [2.05, 4.69) is 6.92 Å². The molecule has 1 saturated carbocycles. The van der Waals surface area contributed by atoms with Gasteiger partial charge in [0.05, 0.1) is 17.7 Å². The number of hydrogen-bond acceptors (Lipinski definition) is 3. The van der Waals surface area contributed by atoms with Crippen LogP contribution in [0.25, 0.3) is 0 Å². The molecule has 1 N–H and O–H groups in total. The van der Waals surface area contributed by atoms with Crippen molar-refractivity contribution >= 4 is 11.9 Å². The Bertz CT molecular complexity index is 547. The van der Waals surface area contributed by atoms with Crippen molar-refractivity contribution in [1.82, 2.24) is 4.90 Å². The number of furan rings is 1. The predicted molar refractivity (Wildman–Crippen MR) is 80.1 cm³/mol. The van der Waals surface area contributed by atoms with Crippen molar-refractivity contribution < 1.29 is 19.1 Å². The summed E-state index contributed by atoms with van der Waals surface area (Å²) >= 11 is 0. The first kappa shape index (κ1) is 15.1. The van der Waals surface area contributed by atoms with Gasteiger partial charge in [-0.1, -0.05) is 13.3 Å². The highest BCUT2D eigenvalue weighted by Gasteiger charge is 2.47. The van der Waals surface area contributed by atoms with E-state index in [0.29, 0.717) is 25.3 Å². The van der Waals surface area contributed by atoms with Crippen molar-refractivity contribution in [3.8, 4) is 0 Å². The minimum absolute atomic E-state index is 0.0459. The van der Waals surface area contributed by atoms with Gasteiger partial charge in [-0.3, -0.25) is 9.59 Å². The lowest BCUT2D eigenvalue weighted by Gasteiger charge is -2.42. The number of piperidine rings is 1. The molecule has 2 heterocycles. The van der Waals surface area contributed by atoms with Crippen molar-refractivity contribution in [2.24, 2.45) is 11.3 Å². The first-order valence-corrected chi connectivity index (χ1v) is 8.08. The molecule has 2 fully saturated rings. The van der Waals surface area contributed by atoms with Crippen LogP contribution in [-0.2, 0) is 9.59 Å². The summed E-state index contributed by atoms with van der Waals surface area (Å²) in [5.74, 6) is 0.469. The highest BCUT2D eigenvalue weighted by atomic mass is 16.4. The van der Waals surface area contributed by atoms with Crippen LogP contribution in [-0.4, -0.2) is 28.4 Å². The molecule has 1 aromatic rings. The van der Waals surface area contributed by atoms with E-state index in [4.69, 9.17) is 4.42 Å². The summed E-state index contributed by atoms with van der Waals surface area (Å²) in [7, 11) is 0. The predicted octanol–water partition coefficient (Wildman–Crippen LogP) is 3.22. The Balaban J connectivity index is 1.76. The molecule has 1 aliphatic heterocycles. The van der Waals surface area contributed by atoms with E-state index in [1.54, 1.807) is 6.26 Å². The summed E-state index contributed by atoms with van der Waals surface area (Å²) in [5, 5.41) is 9.43. The second-order valence-corrected chi connectivity index (χ2v) is 6.86. The van der Waals surface area contributed by atoms with Crippen LogP contribution in [0.4, 0.5) is 0 Å². The maximum absolute atomic E-state index is 12.7. The first-order chi connectivity index (χ1) is 10.5. The lowest BCUT2D eigenvalue weighted by molar-refractivity contribution is -0.160. The Labute approximate surface area is 130 Å². The third-order valence-corrected chi connectivity index (χ3v) is 5.31. The van der Waals surface area contributed by atoms with Gasteiger partial charge in [-0.25, -0.2) is 0 Å². The van der Waals surface area contributed by atoms with E-state index in [-0.39, 0.29) is 18.4 Å². The molecule has 22 heavy (non-hydrogen) atoms. The van der Waals surface area contributed by atoms with Gasteiger partial charge in [0, 0.05) is 13.0 Å². The third kappa shape index (κ3) is 2.64. The monoisotopic (exact) mass is 305 g/mol. The number of aliphatic carboxylic acids is 1. The van der Waals surface area contributed by atoms with Crippen molar-refractivity contribution in [2.75, 3.05) is 6.54 Å². The summed E-state index contributed by atoms with van der Waals surface area (Å²) in [6, 6.07) is 3.68. The highest BCUT2D eigenvalue weighted by molar-refractivity contribution is 5.86. The van der Waals surface area contributed by atoms with Crippen LogP contribution in [0.15, 0.2) is 22.8 Å². The van der Waals surface area contributed by atoms with Gasteiger partial charge < -0.3 is 14.4 Å². The SMILES string of the molecule is CC1CCN(C(=O)CC2(C(=O)O)CCC2)C(c2ccco2)C1. The number of carboxylic acid groups (broad SMARTS) is 1. The summed E-state index contributed by atoms with van der Waals surface area (Å²) in [4.78, 5) is 26.1. The zero-order valence-electron chi connectivity index (χ0n) is 13.0. The Kier molecular flexibility index (Phi) is 3.98. The van der Waals surface area contributed by atoms with Gasteiger partial charge in [0.15, 0.2) is 0 Å². The molecule has 2 unspecified atom stereocenters. The molecule has 0 spiro atoms. The Morgan fingerprint density at radius 2 is 2.23 bits per heavy atom. The van der Waals surface area contributed by atoms with E-state index in [1.165, 1.54) is 0 Å². The maximum Gasteiger partial charge on any atom is 0.310 e. The smallest absolute Gasteiger partial charge is 0.310 e. The average Bonchev–Trinajstić information content (AvgIpc) is 2.96. The van der Waals surface area contributed by atoms with Crippen LogP contribution < -0.4 is 0 Å². The van der Waals surface area contributed by atoms with Gasteiger partial charge in [0.25, 0.3) is 0 Å². The zero-order valence-corrected chi connectivity index (χ0v) is 13.0. The van der Waals surface area contributed by atoms with Gasteiger partial charge in [-0.15, -0.1) is 0 Å². The quantitative estimate of drug-likeness (QED) is 0.927. The maximum atomic E-state index is 12.7. The standard InChI is InChI=1S/C17H23NO4/c1-12-5-8-18(13(10-12)14-4-2-9-22-14)15(19)11-17(16(20)21)6-3-7-17/h2,4,9,12-13H,3,5-8,10-11H2,1H3,(H,20,21). The molecule has 1 amide bonds. The number of amides is 1. The fraction of sp³-hybridized carbons (Fsp3) is 0.647. The number of nitrogens with zero attached hydrogens (tertiary/aromatic N) is 1. The normalized spacial score (nSPS) is 27.2. The molecule has 0 aromatic carbocycles. The van der Waals surface area contributed by atoms with E-state index < -0.39 is 11.4 Å². The fourth-order valence-electron chi connectivity index (χ4n) is 3.65. The molecule has 1 aliphatic carbocycles. The van der Waals surface area contributed by atoms with Gasteiger partial charge in [-0.05, 0) is 43.7 Å². The van der Waals surface area contributed by atoms with E-state index in [0.717, 1.165) is 25.0 Å². The second-order valence-electron chi connectivity index (χ2n) is 6.86. The Morgan fingerprint density at radius 3 is 2.77 bits per heavy atom. The van der Waals surface area contributed by atoms with Crippen LogP contribution in [0.2, 0.25) is 0 Å². The van der Waals surface area contributed by atoms with E-state index in [9.17, 15) is 14.7 Å². The number of carboxylic acids is 1. The second kappa shape index (κ2) is 5.78. The number of hydrogen-bond donors (Lipinski definition) is 1. The summed E-state index contributed by atoms with van der Waals surface area (Å²) in [6.45, 7) is 2.86. The van der Waals surface area contributed by atoms with Crippen molar-refractivity contribution in [3.63, 3.8) is 0 Å². The van der Waals surface area contributed by atoms with Gasteiger partial charge in [-0.2, -0.15) is 0 Å². The molecular weight excluding hydrogens is 282 g/mol. The molecule has 120 valence electrons. The number of rotatable bonds is 4. The largest absolute Gasteiger partial charge is 0.481 e. The minimum Gasteiger partial charge on any atom is -0.481 e. The van der Waals surface area contributed by atoms with Crippen LogP contribution >= 0.6 is 0 Å². The summed E-state index contributed by atoms with van der Waals surface area (Å²) < 4.78 is 5.51. The molecule has 2 aliphatic rings. The van der Waals surface area contributed by atoms with Crippen LogP contribution in [0, 0.1) is 11.3 Å². The molecule has 5 heteroatoms. The average molecular weight is 305 g/mol. The molecule has 3 rings (SSSR count). The Morgan fingerprint density at radius 1 is 1.45 bits per heavy atom. The number of carbonyl (C=O) groups is 2. The van der Waals surface area contributed by atoms with Gasteiger partial charge in [0.2, 0.25) is 5.91 Å².